The van der Waals surface area contributed by atoms with Crippen LogP contribution in [-0.2, 0) is 0 Å². The first-order valence-corrected chi connectivity index (χ1v) is 7.54. The molecule has 2 aromatic rings. The zero-order valence-corrected chi connectivity index (χ0v) is 13.6. The van der Waals surface area contributed by atoms with E-state index >= 15 is 0 Å². The molecule has 0 bridgehead atoms. The molecule has 2 aromatic heterocycles. The first kappa shape index (κ1) is 15.4. The van der Waals surface area contributed by atoms with Gasteiger partial charge >= 0.3 is 0 Å². The van der Waals surface area contributed by atoms with Crippen molar-refractivity contribution in [2.75, 3.05) is 17.7 Å². The van der Waals surface area contributed by atoms with Crippen LogP contribution in [0, 0.1) is 13.8 Å². The van der Waals surface area contributed by atoms with Gasteiger partial charge in [-0.05, 0) is 13.8 Å². The summed E-state index contributed by atoms with van der Waals surface area (Å²) in [4.78, 5) is 26.4. The van der Waals surface area contributed by atoms with Gasteiger partial charge in [0.15, 0.2) is 10.8 Å². The molecule has 0 aliphatic rings. The van der Waals surface area contributed by atoms with Crippen molar-refractivity contribution in [3.05, 3.63) is 28.3 Å². The first-order chi connectivity index (χ1) is 9.92. The largest absolute Gasteiger partial charge is 0.385 e. The van der Waals surface area contributed by atoms with Gasteiger partial charge in [-0.2, -0.15) is 0 Å². The van der Waals surface area contributed by atoms with E-state index < -0.39 is 0 Å². The summed E-state index contributed by atoms with van der Waals surface area (Å²) in [6, 6.07) is 0. The molecule has 112 valence electrons. The molecule has 6 nitrogen and oxygen atoms in total. The lowest BCUT2D eigenvalue weighted by atomic mass is 10.2. The van der Waals surface area contributed by atoms with E-state index in [4.69, 9.17) is 0 Å². The number of hydrogen-bond acceptors (Lipinski definition) is 6. The molecular weight excluding hydrogens is 286 g/mol. The van der Waals surface area contributed by atoms with Crippen LogP contribution in [0.3, 0.4) is 0 Å². The number of aromatic nitrogens is 3. The molecule has 0 aliphatic heterocycles. The fourth-order valence-corrected chi connectivity index (χ4v) is 2.52. The third kappa shape index (κ3) is 3.36. The predicted octanol–water partition coefficient (Wildman–Crippen LogP) is 2.97. The average molecular weight is 305 g/mol. The second kappa shape index (κ2) is 6.17. The Morgan fingerprint density at radius 3 is 2.52 bits per heavy atom. The highest BCUT2D eigenvalue weighted by atomic mass is 32.1. The molecule has 0 saturated carbocycles. The molecule has 0 unspecified atom stereocenters. The van der Waals surface area contributed by atoms with Crippen LogP contribution in [0.4, 0.5) is 10.8 Å². The minimum absolute atomic E-state index is 0.159. The minimum atomic E-state index is -0.280. The topological polar surface area (TPSA) is 79.8 Å². The normalized spacial score (nSPS) is 10.8. The molecule has 2 N–H and O–H groups in total. The molecule has 1 amide bonds. The average Bonchev–Trinajstić information content (AvgIpc) is 2.76. The molecule has 0 spiro atoms. The molecular formula is C14H19N5OS. The number of anilines is 2. The van der Waals surface area contributed by atoms with Crippen molar-refractivity contribution in [1.82, 2.24) is 15.0 Å². The molecule has 0 saturated heterocycles. The van der Waals surface area contributed by atoms with E-state index in [1.807, 2.05) is 27.7 Å². The SMILES string of the molecule is CNc1cnc(C(C)C)nc1C(=O)Nc1nc(C)c(C)s1. The Morgan fingerprint density at radius 2 is 2.00 bits per heavy atom. The second-order valence-corrected chi connectivity index (χ2v) is 6.21. The van der Waals surface area contributed by atoms with Gasteiger partial charge in [-0.1, -0.05) is 13.8 Å². The van der Waals surface area contributed by atoms with Gasteiger partial charge < -0.3 is 5.32 Å². The number of rotatable bonds is 4. The monoisotopic (exact) mass is 305 g/mol. The number of carbonyl (C=O) groups excluding carboxylic acids is 1. The molecule has 0 atom stereocenters. The Morgan fingerprint density at radius 1 is 1.29 bits per heavy atom. The Balaban J connectivity index is 2.30. The summed E-state index contributed by atoms with van der Waals surface area (Å²) in [5.74, 6) is 0.523. The van der Waals surface area contributed by atoms with Gasteiger partial charge in [0.05, 0.1) is 17.6 Å². The van der Waals surface area contributed by atoms with E-state index in [0.717, 1.165) is 10.6 Å². The summed E-state index contributed by atoms with van der Waals surface area (Å²) in [5, 5.41) is 6.33. The van der Waals surface area contributed by atoms with E-state index in [2.05, 4.69) is 25.6 Å². The number of nitrogens with zero attached hydrogens (tertiary/aromatic N) is 3. The smallest absolute Gasteiger partial charge is 0.278 e. The van der Waals surface area contributed by atoms with Crippen molar-refractivity contribution in [2.45, 2.75) is 33.6 Å². The van der Waals surface area contributed by atoms with Crippen LogP contribution >= 0.6 is 11.3 Å². The third-order valence-corrected chi connectivity index (χ3v) is 4.05. The van der Waals surface area contributed by atoms with Gasteiger partial charge in [-0.3, -0.25) is 10.1 Å². The first-order valence-electron chi connectivity index (χ1n) is 6.72. The Kier molecular flexibility index (Phi) is 4.52. The zero-order valence-electron chi connectivity index (χ0n) is 12.8. The number of aryl methyl sites for hydroxylation is 2. The summed E-state index contributed by atoms with van der Waals surface area (Å²) in [6.45, 7) is 7.87. The summed E-state index contributed by atoms with van der Waals surface area (Å²) >= 11 is 1.45. The van der Waals surface area contributed by atoms with Gasteiger partial charge in [0.2, 0.25) is 0 Å². The number of thiazole rings is 1. The van der Waals surface area contributed by atoms with Crippen molar-refractivity contribution in [3.63, 3.8) is 0 Å². The molecule has 21 heavy (non-hydrogen) atoms. The molecule has 0 fully saturated rings. The maximum atomic E-state index is 12.4. The highest BCUT2D eigenvalue weighted by Crippen LogP contribution is 2.23. The van der Waals surface area contributed by atoms with Crippen LogP contribution in [0.5, 0.6) is 0 Å². The van der Waals surface area contributed by atoms with E-state index in [9.17, 15) is 4.79 Å². The lowest BCUT2D eigenvalue weighted by Gasteiger charge is -2.10. The van der Waals surface area contributed by atoms with Gasteiger partial charge in [-0.25, -0.2) is 15.0 Å². The Hall–Kier alpha value is -2.02. The van der Waals surface area contributed by atoms with Crippen LogP contribution in [0.15, 0.2) is 6.20 Å². The molecule has 2 rings (SSSR count). The van der Waals surface area contributed by atoms with Crippen LogP contribution < -0.4 is 10.6 Å². The molecule has 7 heteroatoms. The quantitative estimate of drug-likeness (QED) is 0.907. The van der Waals surface area contributed by atoms with Crippen LogP contribution in [0.25, 0.3) is 0 Å². The van der Waals surface area contributed by atoms with E-state index in [1.165, 1.54) is 11.3 Å². The minimum Gasteiger partial charge on any atom is -0.385 e. The number of carbonyl (C=O) groups is 1. The third-order valence-electron chi connectivity index (χ3n) is 3.06. The number of nitrogens with one attached hydrogen (secondary N) is 2. The van der Waals surface area contributed by atoms with Gasteiger partial charge in [-0.15, -0.1) is 11.3 Å². The van der Waals surface area contributed by atoms with Crippen LogP contribution in [-0.4, -0.2) is 27.9 Å². The van der Waals surface area contributed by atoms with Crippen molar-refractivity contribution < 1.29 is 4.79 Å². The van der Waals surface area contributed by atoms with Crippen molar-refractivity contribution in [1.29, 1.82) is 0 Å². The lowest BCUT2D eigenvalue weighted by molar-refractivity contribution is 0.102. The highest BCUT2D eigenvalue weighted by molar-refractivity contribution is 7.15. The highest BCUT2D eigenvalue weighted by Gasteiger charge is 2.17. The van der Waals surface area contributed by atoms with Gasteiger partial charge in [0.25, 0.3) is 5.91 Å². The summed E-state index contributed by atoms with van der Waals surface area (Å²) in [6.07, 6.45) is 1.63. The lowest BCUT2D eigenvalue weighted by Crippen LogP contribution is -2.17. The van der Waals surface area contributed by atoms with Crippen LogP contribution in [0.1, 0.15) is 46.6 Å². The summed E-state index contributed by atoms with van der Waals surface area (Å²) in [5.41, 5.74) is 1.86. The predicted molar refractivity (Wildman–Crippen MR) is 85.2 cm³/mol. The van der Waals surface area contributed by atoms with E-state index in [0.29, 0.717) is 22.3 Å². The van der Waals surface area contributed by atoms with Crippen molar-refractivity contribution >= 4 is 28.1 Å². The Labute approximate surface area is 128 Å². The summed E-state index contributed by atoms with van der Waals surface area (Å²) < 4.78 is 0. The molecule has 0 aromatic carbocycles. The van der Waals surface area contributed by atoms with E-state index in [-0.39, 0.29) is 11.8 Å². The summed E-state index contributed by atoms with van der Waals surface area (Å²) in [7, 11) is 1.74. The van der Waals surface area contributed by atoms with Gasteiger partial charge in [0, 0.05) is 17.8 Å². The van der Waals surface area contributed by atoms with Crippen molar-refractivity contribution in [3.8, 4) is 0 Å². The Bertz CT molecular complexity index is 646. The maximum Gasteiger partial charge on any atom is 0.278 e. The fourth-order valence-electron chi connectivity index (χ4n) is 1.71. The standard InChI is InChI=1S/C14H19N5OS/c1-7(2)12-16-6-10(15-5)11(18-12)13(20)19-14-17-8(3)9(4)21-14/h6-7,15H,1-5H3,(H,17,19,20). The number of hydrogen-bond donors (Lipinski definition) is 2. The van der Waals surface area contributed by atoms with Gasteiger partial charge in [0.1, 0.15) is 5.82 Å². The number of amides is 1. The molecule has 0 aliphatic carbocycles. The maximum absolute atomic E-state index is 12.4. The molecule has 2 heterocycles. The second-order valence-electron chi connectivity index (χ2n) is 5.01. The molecule has 0 radical (unpaired) electrons. The fraction of sp³-hybridized carbons (Fsp3) is 0.429. The van der Waals surface area contributed by atoms with Crippen LogP contribution in [0.2, 0.25) is 0 Å². The van der Waals surface area contributed by atoms with Crippen molar-refractivity contribution in [2.24, 2.45) is 0 Å². The van der Waals surface area contributed by atoms with E-state index in [1.54, 1.807) is 13.2 Å². The zero-order chi connectivity index (χ0) is 15.6.